The van der Waals surface area contributed by atoms with Crippen molar-refractivity contribution in [3.8, 4) is 5.82 Å². The van der Waals surface area contributed by atoms with Crippen LogP contribution < -0.4 is 4.90 Å². The summed E-state index contributed by atoms with van der Waals surface area (Å²) in [5.41, 5.74) is 3.81. The molecule has 166 valence electrons. The van der Waals surface area contributed by atoms with Gasteiger partial charge in [-0.3, -0.25) is 19.0 Å². The molecule has 3 heterocycles. The van der Waals surface area contributed by atoms with E-state index >= 15 is 0 Å². The van der Waals surface area contributed by atoms with E-state index in [4.69, 9.17) is 9.26 Å². The molecule has 4 rings (SSSR count). The number of ketones is 1. The maximum absolute atomic E-state index is 12.8. The lowest BCUT2D eigenvalue weighted by Gasteiger charge is -2.16. The molecule has 8 heteroatoms. The van der Waals surface area contributed by atoms with Gasteiger partial charge in [0.25, 0.3) is 0 Å². The molecule has 1 aromatic carbocycles. The molecule has 32 heavy (non-hydrogen) atoms. The number of ether oxygens (including phenoxy) is 1. The molecule has 0 saturated carbocycles. The van der Waals surface area contributed by atoms with E-state index in [1.807, 2.05) is 42.7 Å². The number of amides is 1. The molecule has 1 amide bonds. The summed E-state index contributed by atoms with van der Waals surface area (Å²) in [5.74, 6) is -0.315. The van der Waals surface area contributed by atoms with Crippen LogP contribution in [0.1, 0.15) is 39.5 Å². The fraction of sp³-hybridized carbons (Fsp3) is 0.333. The van der Waals surface area contributed by atoms with Gasteiger partial charge in [-0.1, -0.05) is 22.9 Å². The van der Waals surface area contributed by atoms with Crippen molar-refractivity contribution >= 4 is 23.3 Å². The third-order valence-corrected chi connectivity index (χ3v) is 5.73. The average Bonchev–Trinajstić information content (AvgIpc) is 3.43. The molecule has 0 unspecified atom stereocenters. The fourth-order valence-corrected chi connectivity index (χ4v) is 4.03. The van der Waals surface area contributed by atoms with E-state index in [0.29, 0.717) is 22.8 Å². The molecule has 1 aliphatic rings. The van der Waals surface area contributed by atoms with Crippen LogP contribution in [0.15, 0.2) is 40.9 Å². The number of anilines is 1. The Labute approximate surface area is 185 Å². The Bertz CT molecular complexity index is 1190. The smallest absolute Gasteiger partial charge is 0.311 e. The Morgan fingerprint density at radius 2 is 1.84 bits per heavy atom. The minimum atomic E-state index is -0.595. The topological polar surface area (TPSA) is 94.6 Å². The quantitative estimate of drug-likeness (QED) is 0.435. The summed E-state index contributed by atoms with van der Waals surface area (Å²) in [6.07, 6.45) is 0.0704. The number of carbonyl (C=O) groups excluding carboxylic acids is 3. The van der Waals surface area contributed by atoms with Crippen molar-refractivity contribution in [1.82, 2.24) is 9.72 Å². The van der Waals surface area contributed by atoms with Crippen LogP contribution >= 0.6 is 0 Å². The fourth-order valence-electron chi connectivity index (χ4n) is 4.03. The van der Waals surface area contributed by atoms with Crippen LogP contribution in [0.4, 0.5) is 5.69 Å². The third-order valence-electron chi connectivity index (χ3n) is 5.73. The number of carbonyl (C=O) groups is 3. The Balaban J connectivity index is 1.40. The molecule has 0 bridgehead atoms. The minimum Gasteiger partial charge on any atom is -0.457 e. The lowest BCUT2D eigenvalue weighted by atomic mass is 10.1. The maximum Gasteiger partial charge on any atom is 0.311 e. The summed E-state index contributed by atoms with van der Waals surface area (Å²) in [5, 5.41) is 4.01. The first kappa shape index (κ1) is 21.5. The zero-order chi connectivity index (χ0) is 23.0. The first-order chi connectivity index (χ1) is 15.2. The summed E-state index contributed by atoms with van der Waals surface area (Å²) < 4.78 is 12.3. The van der Waals surface area contributed by atoms with Gasteiger partial charge in [0.1, 0.15) is 5.76 Å². The molecular formula is C24H25N3O5. The van der Waals surface area contributed by atoms with E-state index in [1.54, 1.807) is 30.9 Å². The van der Waals surface area contributed by atoms with E-state index in [9.17, 15) is 14.4 Å². The SMILES string of the molecule is Cc1ccc(N2C[C@H](C(=O)OCC(=O)c3cc(C)n(-c4cc(C)on4)c3C)CC2=O)cc1. The van der Waals surface area contributed by atoms with E-state index < -0.39 is 11.9 Å². The Morgan fingerprint density at radius 3 is 2.50 bits per heavy atom. The molecular weight excluding hydrogens is 410 g/mol. The van der Waals surface area contributed by atoms with Crippen molar-refractivity contribution in [2.24, 2.45) is 5.92 Å². The zero-order valence-electron chi connectivity index (χ0n) is 18.5. The van der Waals surface area contributed by atoms with Gasteiger partial charge in [0.15, 0.2) is 12.4 Å². The predicted molar refractivity (Wildman–Crippen MR) is 117 cm³/mol. The summed E-state index contributed by atoms with van der Waals surface area (Å²) >= 11 is 0. The summed E-state index contributed by atoms with van der Waals surface area (Å²) in [4.78, 5) is 39.3. The number of hydrogen-bond donors (Lipinski definition) is 0. The minimum absolute atomic E-state index is 0.0704. The first-order valence-corrected chi connectivity index (χ1v) is 10.4. The third kappa shape index (κ3) is 4.08. The van der Waals surface area contributed by atoms with Gasteiger partial charge < -0.3 is 14.2 Å². The van der Waals surface area contributed by atoms with E-state index in [-0.39, 0.29) is 31.3 Å². The lowest BCUT2D eigenvalue weighted by Crippen LogP contribution is -2.27. The number of esters is 1. The van der Waals surface area contributed by atoms with Gasteiger partial charge in [-0.25, -0.2) is 0 Å². The van der Waals surface area contributed by atoms with E-state index in [2.05, 4.69) is 5.16 Å². The molecule has 1 saturated heterocycles. The molecule has 0 aliphatic carbocycles. The highest BCUT2D eigenvalue weighted by molar-refractivity contribution is 6.01. The molecule has 1 aliphatic heterocycles. The number of nitrogens with zero attached hydrogens (tertiary/aromatic N) is 3. The summed E-state index contributed by atoms with van der Waals surface area (Å²) in [6.45, 7) is 7.30. The molecule has 1 fully saturated rings. The number of rotatable bonds is 6. The second kappa shape index (κ2) is 8.45. The number of Topliss-reactive ketones (excluding diaryl/α,β-unsaturated/α-hetero) is 1. The van der Waals surface area contributed by atoms with Gasteiger partial charge >= 0.3 is 5.97 Å². The van der Waals surface area contributed by atoms with Crippen molar-refractivity contribution in [2.45, 2.75) is 34.1 Å². The van der Waals surface area contributed by atoms with Gasteiger partial charge in [-0.2, -0.15) is 0 Å². The highest BCUT2D eigenvalue weighted by atomic mass is 16.5. The summed E-state index contributed by atoms with van der Waals surface area (Å²) in [7, 11) is 0. The molecule has 0 radical (unpaired) electrons. The number of aryl methyl sites for hydroxylation is 3. The van der Waals surface area contributed by atoms with Crippen molar-refractivity contribution in [3.05, 3.63) is 64.7 Å². The van der Waals surface area contributed by atoms with Crippen molar-refractivity contribution in [3.63, 3.8) is 0 Å². The standard InChI is InChI=1S/C24H25N3O5/c1-14-5-7-19(8-6-14)26-12-18(11-23(26)29)24(30)31-13-21(28)20-9-15(2)27(17(20)4)22-10-16(3)32-25-22/h5-10,18H,11-13H2,1-4H3/t18-/m1/s1. The predicted octanol–water partition coefficient (Wildman–Crippen LogP) is 3.48. The molecule has 1 atom stereocenters. The van der Waals surface area contributed by atoms with Crippen LogP contribution in [-0.2, 0) is 14.3 Å². The molecule has 0 spiro atoms. The summed E-state index contributed by atoms with van der Waals surface area (Å²) in [6, 6.07) is 11.1. The van der Waals surface area contributed by atoms with Gasteiger partial charge in [-0.15, -0.1) is 0 Å². The van der Waals surface area contributed by atoms with Crippen LogP contribution in [0.3, 0.4) is 0 Å². The first-order valence-electron chi connectivity index (χ1n) is 10.4. The largest absolute Gasteiger partial charge is 0.457 e. The Morgan fingerprint density at radius 1 is 1.12 bits per heavy atom. The highest BCUT2D eigenvalue weighted by Crippen LogP contribution is 2.26. The van der Waals surface area contributed by atoms with Crippen molar-refractivity contribution in [1.29, 1.82) is 0 Å². The number of aromatic nitrogens is 2. The van der Waals surface area contributed by atoms with Crippen LogP contribution in [0.2, 0.25) is 0 Å². The van der Waals surface area contributed by atoms with E-state index in [0.717, 1.165) is 16.9 Å². The monoisotopic (exact) mass is 435 g/mol. The Hall–Kier alpha value is -3.68. The zero-order valence-corrected chi connectivity index (χ0v) is 18.5. The molecule has 8 nitrogen and oxygen atoms in total. The number of hydrogen-bond acceptors (Lipinski definition) is 6. The van der Waals surface area contributed by atoms with Crippen LogP contribution in [0, 0.1) is 33.6 Å². The molecule has 3 aromatic rings. The second-order valence-corrected chi connectivity index (χ2v) is 8.19. The number of benzene rings is 1. The highest BCUT2D eigenvalue weighted by Gasteiger charge is 2.36. The second-order valence-electron chi connectivity index (χ2n) is 8.19. The Kier molecular flexibility index (Phi) is 5.69. The van der Waals surface area contributed by atoms with Gasteiger partial charge in [0, 0.05) is 41.7 Å². The molecule has 0 N–H and O–H groups in total. The van der Waals surface area contributed by atoms with Crippen LogP contribution in [-0.4, -0.2) is 40.5 Å². The van der Waals surface area contributed by atoms with Gasteiger partial charge in [0.2, 0.25) is 11.7 Å². The van der Waals surface area contributed by atoms with Crippen molar-refractivity contribution < 1.29 is 23.6 Å². The van der Waals surface area contributed by atoms with Crippen molar-refractivity contribution in [2.75, 3.05) is 18.1 Å². The van der Waals surface area contributed by atoms with Gasteiger partial charge in [-0.05, 0) is 45.9 Å². The van der Waals surface area contributed by atoms with Crippen LogP contribution in [0.25, 0.3) is 5.82 Å². The average molecular weight is 435 g/mol. The van der Waals surface area contributed by atoms with Crippen LogP contribution in [0.5, 0.6) is 0 Å². The maximum atomic E-state index is 12.8. The molecule has 2 aromatic heterocycles. The van der Waals surface area contributed by atoms with E-state index in [1.165, 1.54) is 0 Å². The normalized spacial score (nSPS) is 15.9. The van der Waals surface area contributed by atoms with Gasteiger partial charge in [0.05, 0.1) is 5.92 Å². The lowest BCUT2D eigenvalue weighted by molar-refractivity contribution is -0.147.